The van der Waals surface area contributed by atoms with E-state index in [2.05, 4.69) is 14.8 Å². The van der Waals surface area contributed by atoms with Crippen molar-refractivity contribution in [1.82, 2.24) is 19.3 Å². The number of hydrogen-bond acceptors (Lipinski definition) is 5. The van der Waals surface area contributed by atoms with Gasteiger partial charge in [0.1, 0.15) is 12.1 Å². The SMILES string of the molecule is CCn1cc(-n2cnc(C(=O)OC)c2N)cn1. The second-order valence-electron chi connectivity index (χ2n) is 3.39. The van der Waals surface area contributed by atoms with Crippen LogP contribution in [0.5, 0.6) is 0 Å². The minimum absolute atomic E-state index is 0.108. The third kappa shape index (κ3) is 1.86. The molecule has 2 rings (SSSR count). The largest absolute Gasteiger partial charge is 0.464 e. The normalized spacial score (nSPS) is 10.5. The number of imidazole rings is 1. The molecule has 0 spiro atoms. The van der Waals surface area contributed by atoms with Crippen molar-refractivity contribution in [2.24, 2.45) is 0 Å². The zero-order valence-electron chi connectivity index (χ0n) is 9.62. The molecule has 2 heterocycles. The van der Waals surface area contributed by atoms with Gasteiger partial charge in [0, 0.05) is 12.7 Å². The molecule has 0 unspecified atom stereocenters. The van der Waals surface area contributed by atoms with Crippen LogP contribution in [0.2, 0.25) is 0 Å². The third-order valence-corrected chi connectivity index (χ3v) is 2.40. The van der Waals surface area contributed by atoms with E-state index in [0.717, 1.165) is 12.2 Å². The first kappa shape index (κ1) is 11.2. The number of anilines is 1. The summed E-state index contributed by atoms with van der Waals surface area (Å²) in [5.74, 6) is -0.309. The van der Waals surface area contributed by atoms with E-state index in [4.69, 9.17) is 5.73 Å². The molecule has 0 aliphatic heterocycles. The van der Waals surface area contributed by atoms with Crippen molar-refractivity contribution >= 4 is 11.8 Å². The van der Waals surface area contributed by atoms with Gasteiger partial charge >= 0.3 is 5.97 Å². The molecule has 0 radical (unpaired) electrons. The van der Waals surface area contributed by atoms with Gasteiger partial charge in [0.25, 0.3) is 0 Å². The van der Waals surface area contributed by atoms with Crippen LogP contribution in [0.1, 0.15) is 17.4 Å². The van der Waals surface area contributed by atoms with Gasteiger partial charge in [-0.05, 0) is 6.92 Å². The molecule has 0 aromatic carbocycles. The number of methoxy groups -OCH3 is 1. The number of aryl methyl sites for hydroxylation is 1. The van der Waals surface area contributed by atoms with Crippen molar-refractivity contribution in [3.05, 3.63) is 24.4 Å². The Hall–Kier alpha value is -2.31. The number of esters is 1. The Balaban J connectivity index is 2.40. The summed E-state index contributed by atoms with van der Waals surface area (Å²) in [6, 6.07) is 0. The molecule has 2 aromatic rings. The first-order chi connectivity index (χ1) is 8.17. The van der Waals surface area contributed by atoms with Crippen molar-refractivity contribution < 1.29 is 9.53 Å². The zero-order chi connectivity index (χ0) is 12.4. The lowest BCUT2D eigenvalue weighted by molar-refractivity contribution is 0.0596. The van der Waals surface area contributed by atoms with Crippen LogP contribution >= 0.6 is 0 Å². The van der Waals surface area contributed by atoms with Gasteiger partial charge in [0.15, 0.2) is 5.69 Å². The summed E-state index contributed by atoms with van der Waals surface area (Å²) in [6.45, 7) is 2.74. The fourth-order valence-electron chi connectivity index (χ4n) is 1.47. The van der Waals surface area contributed by atoms with Crippen molar-refractivity contribution in [1.29, 1.82) is 0 Å². The number of carbonyl (C=O) groups is 1. The minimum Gasteiger partial charge on any atom is -0.464 e. The molecule has 0 amide bonds. The molecule has 90 valence electrons. The monoisotopic (exact) mass is 235 g/mol. The fraction of sp³-hybridized carbons (Fsp3) is 0.300. The van der Waals surface area contributed by atoms with E-state index in [9.17, 15) is 4.79 Å². The van der Waals surface area contributed by atoms with Gasteiger partial charge in [-0.2, -0.15) is 5.10 Å². The Kier molecular flexibility index (Phi) is 2.82. The molecule has 0 aliphatic carbocycles. The Labute approximate surface area is 97.8 Å². The number of aromatic nitrogens is 4. The first-order valence-electron chi connectivity index (χ1n) is 5.11. The summed E-state index contributed by atoms with van der Waals surface area (Å²) in [6.07, 6.45) is 4.94. The van der Waals surface area contributed by atoms with Gasteiger partial charge in [-0.15, -0.1) is 0 Å². The van der Waals surface area contributed by atoms with Crippen molar-refractivity contribution in [2.75, 3.05) is 12.8 Å². The van der Waals surface area contributed by atoms with Crippen LogP contribution in [0.3, 0.4) is 0 Å². The quantitative estimate of drug-likeness (QED) is 0.781. The molecule has 0 aliphatic rings. The van der Waals surface area contributed by atoms with Gasteiger partial charge in [0.05, 0.1) is 19.0 Å². The molecular formula is C10H13N5O2. The number of ether oxygens (including phenoxy) is 1. The second-order valence-corrected chi connectivity index (χ2v) is 3.39. The number of nitrogens with zero attached hydrogens (tertiary/aromatic N) is 4. The summed E-state index contributed by atoms with van der Waals surface area (Å²) < 4.78 is 7.92. The lowest BCUT2D eigenvalue weighted by Crippen LogP contribution is -2.07. The number of carbonyl (C=O) groups excluding carboxylic acids is 1. The molecule has 7 heteroatoms. The van der Waals surface area contributed by atoms with E-state index >= 15 is 0 Å². The van der Waals surface area contributed by atoms with Gasteiger partial charge in [-0.1, -0.05) is 0 Å². The average molecular weight is 235 g/mol. The summed E-state index contributed by atoms with van der Waals surface area (Å²) in [7, 11) is 1.29. The number of hydrogen-bond donors (Lipinski definition) is 1. The van der Waals surface area contributed by atoms with Crippen LogP contribution in [0, 0.1) is 0 Å². The Morgan fingerprint density at radius 1 is 1.59 bits per heavy atom. The number of nitrogens with two attached hydrogens (primary N) is 1. The highest BCUT2D eigenvalue weighted by Gasteiger charge is 2.17. The maximum absolute atomic E-state index is 11.3. The Bertz CT molecular complexity index is 543. The lowest BCUT2D eigenvalue weighted by atomic mass is 10.4. The summed E-state index contributed by atoms with van der Waals surface area (Å²) >= 11 is 0. The molecule has 2 aromatic heterocycles. The molecular weight excluding hydrogens is 222 g/mol. The summed E-state index contributed by atoms with van der Waals surface area (Å²) in [5, 5.41) is 4.12. The molecule has 7 nitrogen and oxygen atoms in total. The van der Waals surface area contributed by atoms with E-state index in [1.807, 2.05) is 13.1 Å². The third-order valence-electron chi connectivity index (χ3n) is 2.40. The van der Waals surface area contributed by atoms with Crippen LogP contribution in [-0.2, 0) is 11.3 Å². The van der Waals surface area contributed by atoms with E-state index in [1.165, 1.54) is 13.4 Å². The zero-order valence-corrected chi connectivity index (χ0v) is 9.62. The maximum Gasteiger partial charge on any atom is 0.360 e. The van der Waals surface area contributed by atoms with Gasteiger partial charge in [-0.3, -0.25) is 9.25 Å². The lowest BCUT2D eigenvalue weighted by Gasteiger charge is -2.01. The molecule has 0 saturated heterocycles. The highest BCUT2D eigenvalue weighted by atomic mass is 16.5. The van der Waals surface area contributed by atoms with E-state index in [-0.39, 0.29) is 11.5 Å². The van der Waals surface area contributed by atoms with Crippen molar-refractivity contribution in [3.63, 3.8) is 0 Å². The molecule has 0 fully saturated rings. The molecule has 0 atom stereocenters. The predicted octanol–water partition coefficient (Wildman–Crippen LogP) is 0.457. The first-order valence-corrected chi connectivity index (χ1v) is 5.11. The Morgan fingerprint density at radius 2 is 2.35 bits per heavy atom. The van der Waals surface area contributed by atoms with E-state index < -0.39 is 5.97 Å². The topological polar surface area (TPSA) is 88.0 Å². The van der Waals surface area contributed by atoms with Crippen LogP contribution in [0.25, 0.3) is 5.69 Å². The molecule has 17 heavy (non-hydrogen) atoms. The summed E-state index contributed by atoms with van der Waals surface area (Å²) in [5.41, 5.74) is 6.69. The average Bonchev–Trinajstić information content (AvgIpc) is 2.94. The number of rotatable bonds is 3. The minimum atomic E-state index is -0.552. The molecule has 0 saturated carbocycles. The predicted molar refractivity (Wildman–Crippen MR) is 60.8 cm³/mol. The standard InChI is InChI=1S/C10H13N5O2/c1-3-14-5-7(4-13-14)15-6-12-8(9(15)11)10(16)17-2/h4-6H,3,11H2,1-2H3. The molecule has 2 N–H and O–H groups in total. The highest BCUT2D eigenvalue weighted by molar-refractivity contribution is 5.92. The van der Waals surface area contributed by atoms with Crippen molar-refractivity contribution in [2.45, 2.75) is 13.5 Å². The van der Waals surface area contributed by atoms with Crippen LogP contribution in [0.15, 0.2) is 18.7 Å². The highest BCUT2D eigenvalue weighted by Crippen LogP contribution is 2.16. The van der Waals surface area contributed by atoms with Gasteiger partial charge in [-0.25, -0.2) is 9.78 Å². The summed E-state index contributed by atoms with van der Waals surface area (Å²) in [4.78, 5) is 15.3. The fourth-order valence-corrected chi connectivity index (χ4v) is 1.47. The number of nitrogen functional groups attached to an aromatic ring is 1. The maximum atomic E-state index is 11.3. The van der Waals surface area contributed by atoms with Crippen LogP contribution in [0.4, 0.5) is 5.82 Å². The van der Waals surface area contributed by atoms with Gasteiger partial charge < -0.3 is 10.5 Å². The van der Waals surface area contributed by atoms with Gasteiger partial charge in [0.2, 0.25) is 0 Å². The van der Waals surface area contributed by atoms with E-state index in [1.54, 1.807) is 15.4 Å². The van der Waals surface area contributed by atoms with Crippen LogP contribution in [-0.4, -0.2) is 32.4 Å². The smallest absolute Gasteiger partial charge is 0.360 e. The van der Waals surface area contributed by atoms with Crippen molar-refractivity contribution in [3.8, 4) is 5.69 Å². The molecule has 0 bridgehead atoms. The second kappa shape index (κ2) is 4.28. The Morgan fingerprint density at radius 3 is 2.94 bits per heavy atom. The van der Waals surface area contributed by atoms with Crippen LogP contribution < -0.4 is 5.73 Å². The van der Waals surface area contributed by atoms with E-state index in [0.29, 0.717) is 0 Å².